The maximum Gasteiger partial charge on any atom is 0.330 e. The van der Waals surface area contributed by atoms with Crippen molar-refractivity contribution in [2.75, 3.05) is 26.6 Å². The van der Waals surface area contributed by atoms with Gasteiger partial charge >= 0.3 is 5.97 Å². The molecule has 0 radical (unpaired) electrons. The third kappa shape index (κ3) is 18.5. The van der Waals surface area contributed by atoms with Gasteiger partial charge in [0.2, 0.25) is 0 Å². The number of nitrogens with zero attached hydrogens (tertiary/aromatic N) is 2. The molecular weight excluding hydrogens is 641 g/mol. The molecule has 0 fully saturated rings. The summed E-state index contributed by atoms with van der Waals surface area (Å²) in [5.41, 5.74) is 5.57. The van der Waals surface area contributed by atoms with Crippen LogP contribution in [-0.4, -0.2) is 45.0 Å². The second-order valence-corrected chi connectivity index (χ2v) is 10.2. The molecule has 264 valence electrons. The van der Waals surface area contributed by atoms with E-state index in [2.05, 4.69) is 42.4 Å². The Morgan fingerprint density at radius 1 is 0.700 bits per heavy atom. The van der Waals surface area contributed by atoms with Crippen LogP contribution in [0.25, 0.3) is 6.08 Å². The van der Waals surface area contributed by atoms with Crippen LogP contribution in [0.4, 0.5) is 11.4 Å². The number of terminal acetylenes is 1. The highest BCUT2D eigenvalue weighted by Crippen LogP contribution is 2.19. The molecule has 0 aliphatic carbocycles. The molecule has 0 saturated carbocycles. The Morgan fingerprint density at radius 3 is 1.66 bits per heavy atom. The summed E-state index contributed by atoms with van der Waals surface area (Å²) < 4.78 is 15.8. The van der Waals surface area contributed by atoms with Gasteiger partial charge in [-0.1, -0.05) is 70.7 Å². The van der Waals surface area contributed by atoms with Gasteiger partial charge in [-0.25, -0.2) is 4.79 Å². The molecule has 4 rings (SSSR count). The largest absolute Gasteiger partial charge is 0.497 e. The highest BCUT2D eigenvalue weighted by atomic mass is 32.1. The van der Waals surface area contributed by atoms with Crippen molar-refractivity contribution >= 4 is 48.5 Å². The van der Waals surface area contributed by atoms with Crippen molar-refractivity contribution in [3.05, 3.63) is 125 Å². The Kier molecular flexibility index (Phi) is 23.9. The average molecular weight is 693 g/mol. The molecule has 4 aromatic rings. The lowest BCUT2D eigenvalue weighted by Crippen LogP contribution is -2.01. The van der Waals surface area contributed by atoms with E-state index < -0.39 is 0 Å². The first-order chi connectivity index (χ1) is 24.5. The predicted molar refractivity (Wildman–Crippen MR) is 216 cm³/mol. The first kappa shape index (κ1) is 43.0. The van der Waals surface area contributed by atoms with Crippen molar-refractivity contribution < 1.29 is 19.0 Å². The van der Waals surface area contributed by atoms with Crippen LogP contribution in [0.1, 0.15) is 75.6 Å². The van der Waals surface area contributed by atoms with Gasteiger partial charge in [0.05, 0.1) is 31.7 Å². The molecule has 7 heteroatoms. The van der Waals surface area contributed by atoms with Crippen LogP contribution in [0.15, 0.2) is 113 Å². The van der Waals surface area contributed by atoms with E-state index in [1.165, 1.54) is 6.08 Å². The molecule has 0 amide bonds. The molecular formula is C43H52N2O4S. The molecule has 6 nitrogen and oxygen atoms in total. The van der Waals surface area contributed by atoms with Crippen LogP contribution in [-0.2, 0) is 9.53 Å². The van der Waals surface area contributed by atoms with Crippen LogP contribution in [0, 0.1) is 12.3 Å². The Labute approximate surface area is 305 Å². The zero-order valence-corrected chi connectivity index (χ0v) is 31.2. The molecule has 0 saturated heterocycles. The number of thiol groups is 1. The number of aliphatic imine (C=N–C) groups is 2. The monoisotopic (exact) mass is 692 g/mol. The predicted octanol–water partition coefficient (Wildman–Crippen LogP) is 11.0. The standard InChI is InChI=1S/C21H23NO3.C19H19NO.C2H6.CH4S/c1-3-4-15-25-21(23)14-9-17-5-10-19(11-6-17)22-16-18-7-12-20(24-2)13-8-18;1-3-5-14-21-19-12-10-18(11-13-19)20-15-17-8-6-16(4-2)7-9-17;2*1-2/h5-14,16H,3-4,15H2,1-2H3;2,6-13,15H,3,5,14H2,1H3;1-2H3;2H,1H3/b14-9+,22-16?;;;. The van der Waals surface area contributed by atoms with Gasteiger partial charge in [0.25, 0.3) is 0 Å². The van der Waals surface area contributed by atoms with Gasteiger partial charge in [-0.3, -0.25) is 9.98 Å². The lowest BCUT2D eigenvalue weighted by Gasteiger charge is -2.04. The quantitative estimate of drug-likeness (QED) is 0.0357. The topological polar surface area (TPSA) is 69.5 Å². The Morgan fingerprint density at radius 2 is 1.16 bits per heavy atom. The third-order valence-electron chi connectivity index (χ3n) is 6.57. The van der Waals surface area contributed by atoms with E-state index in [0.717, 1.165) is 77.4 Å². The highest BCUT2D eigenvalue weighted by molar-refractivity contribution is 7.79. The zero-order valence-electron chi connectivity index (χ0n) is 30.3. The molecule has 0 heterocycles. The fraction of sp³-hybridized carbons (Fsp3) is 0.279. The minimum atomic E-state index is -0.310. The SMILES string of the molecule is C#Cc1ccc(C=Nc2ccc(OCCCC)cc2)cc1.CC.CCCCOC(=O)/C=C/c1ccc(N=Cc2ccc(OC)cc2)cc1.CS. The minimum Gasteiger partial charge on any atom is -0.497 e. The summed E-state index contributed by atoms with van der Waals surface area (Å²) in [5.74, 6) is 4.00. The van der Waals surface area contributed by atoms with Crippen molar-refractivity contribution in [1.82, 2.24) is 0 Å². The molecule has 50 heavy (non-hydrogen) atoms. The number of carbonyl (C=O) groups excluding carboxylic acids is 1. The zero-order chi connectivity index (χ0) is 36.8. The van der Waals surface area contributed by atoms with Gasteiger partial charge in [0, 0.05) is 24.1 Å². The van der Waals surface area contributed by atoms with Crippen molar-refractivity contribution in [2.24, 2.45) is 9.98 Å². The fourth-order valence-electron chi connectivity index (χ4n) is 3.82. The lowest BCUT2D eigenvalue weighted by molar-refractivity contribution is -0.137. The number of esters is 1. The fourth-order valence-corrected chi connectivity index (χ4v) is 3.82. The van der Waals surface area contributed by atoms with Crippen LogP contribution >= 0.6 is 12.6 Å². The summed E-state index contributed by atoms with van der Waals surface area (Å²) in [6.45, 7) is 9.44. The van der Waals surface area contributed by atoms with Crippen LogP contribution in [0.5, 0.6) is 11.5 Å². The smallest absolute Gasteiger partial charge is 0.330 e. The van der Waals surface area contributed by atoms with E-state index in [1.54, 1.807) is 25.7 Å². The summed E-state index contributed by atoms with van der Waals surface area (Å²) in [6.07, 6.45) is 18.0. The number of benzene rings is 4. The maximum atomic E-state index is 11.5. The molecule has 4 aromatic carbocycles. The van der Waals surface area contributed by atoms with Gasteiger partial charge in [0.15, 0.2) is 0 Å². The van der Waals surface area contributed by atoms with Gasteiger partial charge < -0.3 is 14.2 Å². The van der Waals surface area contributed by atoms with E-state index in [4.69, 9.17) is 20.6 Å². The van der Waals surface area contributed by atoms with E-state index in [-0.39, 0.29) is 5.97 Å². The Balaban J connectivity index is 0.000000460. The molecule has 0 spiro atoms. The van der Waals surface area contributed by atoms with Gasteiger partial charge in [-0.2, -0.15) is 12.6 Å². The molecule has 0 aliphatic rings. The molecule has 0 aliphatic heterocycles. The van der Waals surface area contributed by atoms with Crippen LogP contribution < -0.4 is 9.47 Å². The molecule has 0 bridgehead atoms. The Bertz CT molecular complexity index is 1590. The molecule has 0 unspecified atom stereocenters. The first-order valence-corrected chi connectivity index (χ1v) is 17.8. The number of hydrogen-bond donors (Lipinski definition) is 1. The summed E-state index contributed by atoms with van der Waals surface area (Å²) in [6, 6.07) is 30.9. The second-order valence-electron chi connectivity index (χ2n) is 10.2. The second kappa shape index (κ2) is 27.8. The highest BCUT2D eigenvalue weighted by Gasteiger charge is 1.98. The number of hydrogen-bond acceptors (Lipinski definition) is 7. The Hall–Kier alpha value is -5.06. The normalized spacial score (nSPS) is 10.2. The van der Waals surface area contributed by atoms with Crippen molar-refractivity contribution in [2.45, 2.75) is 53.4 Å². The summed E-state index contributed by atoms with van der Waals surface area (Å²) >= 11 is 3.53. The molecule has 0 atom stereocenters. The van der Waals surface area contributed by atoms with Crippen molar-refractivity contribution in [3.63, 3.8) is 0 Å². The van der Waals surface area contributed by atoms with Gasteiger partial charge in [0.1, 0.15) is 11.5 Å². The number of carbonyl (C=O) groups is 1. The number of ether oxygens (including phenoxy) is 3. The third-order valence-corrected chi connectivity index (χ3v) is 6.57. The van der Waals surface area contributed by atoms with Crippen LogP contribution in [0.2, 0.25) is 0 Å². The van der Waals surface area contributed by atoms with E-state index in [0.29, 0.717) is 6.61 Å². The van der Waals surface area contributed by atoms with E-state index in [9.17, 15) is 4.79 Å². The minimum absolute atomic E-state index is 0.310. The van der Waals surface area contributed by atoms with Gasteiger partial charge in [-0.05, 0) is 115 Å². The van der Waals surface area contributed by atoms with E-state index >= 15 is 0 Å². The van der Waals surface area contributed by atoms with Crippen molar-refractivity contribution in [1.29, 1.82) is 0 Å². The number of rotatable bonds is 14. The number of methoxy groups -OCH3 is 1. The summed E-state index contributed by atoms with van der Waals surface area (Å²) in [4.78, 5) is 20.4. The number of unbranched alkanes of at least 4 members (excludes halogenated alkanes) is 2. The molecule has 0 aromatic heterocycles. The van der Waals surface area contributed by atoms with Crippen molar-refractivity contribution in [3.8, 4) is 23.8 Å². The summed E-state index contributed by atoms with van der Waals surface area (Å²) in [5, 5.41) is 0. The van der Waals surface area contributed by atoms with E-state index in [1.807, 2.05) is 117 Å². The van der Waals surface area contributed by atoms with Crippen LogP contribution in [0.3, 0.4) is 0 Å². The maximum absolute atomic E-state index is 11.5. The first-order valence-electron chi connectivity index (χ1n) is 16.9. The lowest BCUT2D eigenvalue weighted by atomic mass is 10.1. The summed E-state index contributed by atoms with van der Waals surface area (Å²) in [7, 11) is 1.64. The average Bonchev–Trinajstić information content (AvgIpc) is 3.19. The molecule has 0 N–H and O–H groups in total. The van der Waals surface area contributed by atoms with Gasteiger partial charge in [-0.15, -0.1) is 6.42 Å².